The SMILES string of the molecule is CCC(S)C1CCC(CC(O)C(C)C)CC1. The van der Waals surface area contributed by atoms with E-state index in [2.05, 4.69) is 33.4 Å². The average molecular weight is 244 g/mol. The van der Waals surface area contributed by atoms with Crippen LogP contribution in [0.2, 0.25) is 0 Å². The van der Waals surface area contributed by atoms with E-state index in [1.54, 1.807) is 0 Å². The van der Waals surface area contributed by atoms with E-state index in [1.807, 2.05) is 0 Å². The van der Waals surface area contributed by atoms with Gasteiger partial charge >= 0.3 is 0 Å². The van der Waals surface area contributed by atoms with Crippen molar-refractivity contribution in [2.24, 2.45) is 17.8 Å². The van der Waals surface area contributed by atoms with Crippen LogP contribution in [0.1, 0.15) is 59.3 Å². The van der Waals surface area contributed by atoms with Crippen LogP contribution in [0.3, 0.4) is 0 Å². The molecule has 0 amide bonds. The fourth-order valence-electron chi connectivity index (χ4n) is 2.76. The molecular weight excluding hydrogens is 216 g/mol. The Labute approximate surface area is 106 Å². The van der Waals surface area contributed by atoms with Crippen molar-refractivity contribution in [2.45, 2.75) is 70.7 Å². The first kappa shape index (κ1) is 14.4. The maximum Gasteiger partial charge on any atom is 0.0565 e. The molecule has 0 aliphatic heterocycles. The van der Waals surface area contributed by atoms with Crippen molar-refractivity contribution in [3.63, 3.8) is 0 Å². The third-order valence-electron chi connectivity index (χ3n) is 4.20. The van der Waals surface area contributed by atoms with Crippen molar-refractivity contribution < 1.29 is 5.11 Å². The van der Waals surface area contributed by atoms with Crippen LogP contribution in [0.4, 0.5) is 0 Å². The number of thiol groups is 1. The minimum Gasteiger partial charge on any atom is -0.393 e. The van der Waals surface area contributed by atoms with Gasteiger partial charge in [0, 0.05) is 5.25 Å². The summed E-state index contributed by atoms with van der Waals surface area (Å²) in [6.07, 6.45) is 7.33. The van der Waals surface area contributed by atoms with E-state index in [0.717, 1.165) is 18.3 Å². The van der Waals surface area contributed by atoms with Crippen LogP contribution in [0.5, 0.6) is 0 Å². The maximum atomic E-state index is 9.88. The van der Waals surface area contributed by atoms with Gasteiger partial charge in [-0.25, -0.2) is 0 Å². The first-order chi connectivity index (χ1) is 7.54. The van der Waals surface area contributed by atoms with Gasteiger partial charge in [-0.2, -0.15) is 12.6 Å². The molecule has 2 atom stereocenters. The molecule has 0 radical (unpaired) electrons. The van der Waals surface area contributed by atoms with E-state index >= 15 is 0 Å². The standard InChI is InChI=1S/C14H28OS/c1-4-14(16)12-7-5-11(6-8-12)9-13(15)10(2)3/h10-16H,4-9H2,1-3H3. The molecular formula is C14H28OS. The average Bonchev–Trinajstić information content (AvgIpc) is 2.28. The van der Waals surface area contributed by atoms with Crippen molar-refractivity contribution in [3.8, 4) is 0 Å². The summed E-state index contributed by atoms with van der Waals surface area (Å²) in [7, 11) is 0. The Morgan fingerprint density at radius 1 is 1.19 bits per heavy atom. The van der Waals surface area contributed by atoms with Gasteiger partial charge in [0.25, 0.3) is 0 Å². The molecule has 0 aromatic heterocycles. The van der Waals surface area contributed by atoms with E-state index in [4.69, 9.17) is 0 Å². The van der Waals surface area contributed by atoms with Crippen molar-refractivity contribution in [1.29, 1.82) is 0 Å². The van der Waals surface area contributed by atoms with Gasteiger partial charge in [-0.15, -0.1) is 0 Å². The lowest BCUT2D eigenvalue weighted by atomic mass is 9.77. The Morgan fingerprint density at radius 3 is 2.19 bits per heavy atom. The summed E-state index contributed by atoms with van der Waals surface area (Å²) in [6, 6.07) is 0. The maximum absolute atomic E-state index is 9.88. The Kier molecular flexibility index (Phi) is 6.20. The van der Waals surface area contributed by atoms with E-state index in [1.165, 1.54) is 32.1 Å². The van der Waals surface area contributed by atoms with E-state index in [-0.39, 0.29) is 6.10 Å². The van der Waals surface area contributed by atoms with Crippen LogP contribution < -0.4 is 0 Å². The van der Waals surface area contributed by atoms with Crippen LogP contribution in [0.15, 0.2) is 0 Å². The molecule has 1 fully saturated rings. The predicted octanol–water partition coefficient (Wildman–Crippen LogP) is 3.91. The van der Waals surface area contributed by atoms with E-state index in [0.29, 0.717) is 11.2 Å². The number of hydrogen-bond donors (Lipinski definition) is 2. The van der Waals surface area contributed by atoms with Gasteiger partial charge in [0.1, 0.15) is 0 Å². The Balaban J connectivity index is 2.27. The molecule has 1 saturated carbocycles. The summed E-state index contributed by atoms with van der Waals surface area (Å²) in [5.41, 5.74) is 0. The van der Waals surface area contributed by atoms with Crippen LogP contribution in [-0.4, -0.2) is 16.5 Å². The Bertz CT molecular complexity index is 185. The third-order valence-corrected chi connectivity index (χ3v) is 4.98. The molecule has 1 rings (SSSR count). The zero-order chi connectivity index (χ0) is 12.1. The quantitative estimate of drug-likeness (QED) is 0.703. The van der Waals surface area contributed by atoms with Gasteiger partial charge in [0.15, 0.2) is 0 Å². The zero-order valence-corrected chi connectivity index (χ0v) is 11.9. The Hall–Kier alpha value is 0.310. The summed E-state index contributed by atoms with van der Waals surface area (Å²) < 4.78 is 0. The van der Waals surface area contributed by atoms with Gasteiger partial charge in [-0.05, 0) is 43.4 Å². The molecule has 1 nitrogen and oxygen atoms in total. The molecule has 96 valence electrons. The highest BCUT2D eigenvalue weighted by Gasteiger charge is 2.26. The summed E-state index contributed by atoms with van der Waals surface area (Å²) in [5, 5.41) is 10.5. The number of aliphatic hydroxyl groups is 1. The molecule has 0 aromatic rings. The molecule has 2 heteroatoms. The first-order valence-corrected chi connectivity index (χ1v) is 7.42. The van der Waals surface area contributed by atoms with Crippen LogP contribution in [0, 0.1) is 17.8 Å². The highest BCUT2D eigenvalue weighted by molar-refractivity contribution is 7.81. The molecule has 16 heavy (non-hydrogen) atoms. The van der Waals surface area contributed by atoms with E-state index < -0.39 is 0 Å². The molecule has 0 bridgehead atoms. The van der Waals surface area contributed by atoms with Crippen molar-refractivity contribution >= 4 is 12.6 Å². The second kappa shape index (κ2) is 6.90. The monoisotopic (exact) mass is 244 g/mol. The fraction of sp³-hybridized carbons (Fsp3) is 1.00. The van der Waals surface area contributed by atoms with Crippen LogP contribution in [0.25, 0.3) is 0 Å². The first-order valence-electron chi connectivity index (χ1n) is 6.90. The third kappa shape index (κ3) is 4.29. The number of rotatable bonds is 5. The molecule has 0 aromatic carbocycles. The highest BCUT2D eigenvalue weighted by Crippen LogP contribution is 2.36. The lowest BCUT2D eigenvalue weighted by molar-refractivity contribution is 0.0836. The smallest absolute Gasteiger partial charge is 0.0565 e. The topological polar surface area (TPSA) is 20.2 Å². The van der Waals surface area contributed by atoms with Crippen molar-refractivity contribution in [3.05, 3.63) is 0 Å². The molecule has 1 N–H and O–H groups in total. The van der Waals surface area contributed by atoms with Crippen LogP contribution >= 0.6 is 12.6 Å². The molecule has 0 heterocycles. The number of aliphatic hydroxyl groups excluding tert-OH is 1. The fourth-order valence-corrected chi connectivity index (χ4v) is 3.05. The summed E-state index contributed by atoms with van der Waals surface area (Å²) in [4.78, 5) is 0. The van der Waals surface area contributed by atoms with Crippen molar-refractivity contribution in [2.75, 3.05) is 0 Å². The highest BCUT2D eigenvalue weighted by atomic mass is 32.1. The van der Waals surface area contributed by atoms with Gasteiger partial charge in [-0.3, -0.25) is 0 Å². The molecule has 0 spiro atoms. The summed E-state index contributed by atoms with van der Waals surface area (Å²) in [6.45, 7) is 6.44. The minimum absolute atomic E-state index is 0.0977. The van der Waals surface area contributed by atoms with E-state index in [9.17, 15) is 5.11 Å². The lowest BCUT2D eigenvalue weighted by Crippen LogP contribution is -2.26. The second-order valence-electron chi connectivity index (χ2n) is 5.80. The molecule has 1 aliphatic rings. The van der Waals surface area contributed by atoms with Crippen molar-refractivity contribution in [1.82, 2.24) is 0 Å². The van der Waals surface area contributed by atoms with Gasteiger partial charge < -0.3 is 5.11 Å². The van der Waals surface area contributed by atoms with Gasteiger partial charge in [0.05, 0.1) is 6.10 Å². The van der Waals surface area contributed by atoms with Gasteiger partial charge in [0.2, 0.25) is 0 Å². The Morgan fingerprint density at radius 2 is 1.75 bits per heavy atom. The molecule has 2 unspecified atom stereocenters. The summed E-state index contributed by atoms with van der Waals surface area (Å²) in [5.74, 6) is 1.98. The second-order valence-corrected chi connectivity index (χ2v) is 6.47. The number of hydrogen-bond acceptors (Lipinski definition) is 2. The summed E-state index contributed by atoms with van der Waals surface area (Å²) >= 11 is 4.66. The molecule has 1 aliphatic carbocycles. The van der Waals surface area contributed by atoms with Gasteiger partial charge in [-0.1, -0.05) is 33.6 Å². The predicted molar refractivity (Wildman–Crippen MR) is 74.0 cm³/mol. The normalized spacial score (nSPS) is 30.4. The van der Waals surface area contributed by atoms with Crippen LogP contribution in [-0.2, 0) is 0 Å². The minimum atomic E-state index is -0.0977. The molecule has 0 saturated heterocycles. The largest absolute Gasteiger partial charge is 0.393 e. The zero-order valence-electron chi connectivity index (χ0n) is 11.0. The lowest BCUT2D eigenvalue weighted by Gasteiger charge is -2.33.